The first kappa shape index (κ1) is 26.8. The number of benzene rings is 3. The summed E-state index contributed by atoms with van der Waals surface area (Å²) in [6, 6.07) is 18.8. The molecule has 39 heavy (non-hydrogen) atoms. The van der Waals surface area contributed by atoms with Crippen molar-refractivity contribution < 1.29 is 23.1 Å². The highest BCUT2D eigenvalue weighted by Gasteiger charge is 2.46. The number of hydrogen-bond acceptors (Lipinski definition) is 7. The molecule has 0 saturated carbocycles. The first-order valence-electron chi connectivity index (χ1n) is 12.1. The van der Waals surface area contributed by atoms with Crippen LogP contribution in [0, 0.1) is 6.92 Å². The Kier molecular flexibility index (Phi) is 7.15. The number of hydrogen-bond donors (Lipinski definition) is 1. The molecule has 0 aliphatic carbocycles. The number of aliphatic hydroxyl groups excluding tert-OH is 1. The molecule has 4 aromatic rings. The Hall–Kier alpha value is -3.79. The first-order chi connectivity index (χ1) is 18.6. The second-order valence-electron chi connectivity index (χ2n) is 9.02. The fourth-order valence-electron chi connectivity index (χ4n) is 4.61. The minimum atomic E-state index is -3.90. The molecule has 10 heteroatoms. The zero-order valence-corrected chi connectivity index (χ0v) is 23.3. The number of aromatic nitrogens is 1. The summed E-state index contributed by atoms with van der Waals surface area (Å²) in [5, 5.41) is 11.5. The van der Waals surface area contributed by atoms with Gasteiger partial charge in [0.1, 0.15) is 4.21 Å². The third kappa shape index (κ3) is 4.78. The molecule has 0 fully saturated rings. The van der Waals surface area contributed by atoms with Gasteiger partial charge in [0.25, 0.3) is 5.91 Å². The summed E-state index contributed by atoms with van der Waals surface area (Å²) in [4.78, 5) is 32.9. The second kappa shape index (κ2) is 10.4. The lowest BCUT2D eigenvalue weighted by Crippen LogP contribution is -2.31. The molecule has 1 N–H and O–H groups in total. The van der Waals surface area contributed by atoms with Gasteiger partial charge in [-0.25, -0.2) is 13.4 Å². The number of sulfone groups is 1. The van der Waals surface area contributed by atoms with Crippen LogP contribution in [0.4, 0.5) is 5.13 Å². The molecule has 0 bridgehead atoms. The molecule has 7 nitrogen and oxygen atoms in total. The Morgan fingerprint density at radius 1 is 1.08 bits per heavy atom. The van der Waals surface area contributed by atoms with Crippen LogP contribution in [-0.2, 0) is 21.1 Å². The van der Waals surface area contributed by atoms with Crippen LogP contribution in [0.15, 0.2) is 99.4 Å². The normalized spacial score (nSPS) is 15.7. The minimum Gasteiger partial charge on any atom is -0.503 e. The minimum absolute atomic E-state index is 0.0217. The maximum absolute atomic E-state index is 13.9. The van der Waals surface area contributed by atoms with E-state index >= 15 is 0 Å². The van der Waals surface area contributed by atoms with Crippen LogP contribution >= 0.6 is 22.9 Å². The van der Waals surface area contributed by atoms with E-state index in [4.69, 9.17) is 11.6 Å². The number of rotatable bonds is 7. The van der Waals surface area contributed by atoms with Gasteiger partial charge in [-0.1, -0.05) is 84.0 Å². The second-order valence-corrected chi connectivity index (χ2v) is 12.6. The van der Waals surface area contributed by atoms with Crippen molar-refractivity contribution in [2.24, 2.45) is 0 Å². The molecule has 198 valence electrons. The van der Waals surface area contributed by atoms with E-state index in [2.05, 4.69) is 4.98 Å². The number of Topliss-reactive ketones (excluding diaryl/α,β-unsaturated/α-hetero) is 1. The van der Waals surface area contributed by atoms with Gasteiger partial charge in [-0.3, -0.25) is 14.5 Å². The summed E-state index contributed by atoms with van der Waals surface area (Å²) in [7, 11) is -3.90. The molecule has 1 aromatic heterocycles. The monoisotopic (exact) mass is 578 g/mol. The predicted molar refractivity (Wildman–Crippen MR) is 150 cm³/mol. The number of nitrogens with zero attached hydrogens (tertiary/aromatic N) is 2. The van der Waals surface area contributed by atoms with Crippen molar-refractivity contribution in [1.29, 1.82) is 0 Å². The van der Waals surface area contributed by atoms with Gasteiger partial charge < -0.3 is 5.11 Å². The molecule has 0 saturated heterocycles. The van der Waals surface area contributed by atoms with Crippen molar-refractivity contribution in [3.8, 4) is 0 Å². The van der Waals surface area contributed by atoms with Gasteiger partial charge in [0, 0.05) is 10.6 Å². The van der Waals surface area contributed by atoms with Crippen molar-refractivity contribution in [3.05, 3.63) is 118 Å². The van der Waals surface area contributed by atoms with Crippen LogP contribution < -0.4 is 4.90 Å². The molecular weight excluding hydrogens is 556 g/mol. The van der Waals surface area contributed by atoms with Crippen LogP contribution in [0.25, 0.3) is 0 Å². The van der Waals surface area contributed by atoms with Crippen LogP contribution in [0.3, 0.4) is 0 Å². The molecule has 0 radical (unpaired) electrons. The lowest BCUT2D eigenvalue weighted by atomic mass is 9.89. The Balaban J connectivity index is 1.64. The highest BCUT2D eigenvalue weighted by molar-refractivity contribution is 7.93. The number of carbonyl (C=O) groups excluding carboxylic acids is 2. The Morgan fingerprint density at radius 3 is 2.51 bits per heavy atom. The fraction of sp³-hybridized carbons (Fsp3) is 0.138. The summed E-state index contributed by atoms with van der Waals surface area (Å²) < 4.78 is 26.3. The number of aryl methyl sites for hydroxylation is 2. The summed E-state index contributed by atoms with van der Waals surface area (Å²) >= 11 is 7.06. The zero-order chi connectivity index (χ0) is 27.9. The lowest BCUT2D eigenvalue weighted by Gasteiger charge is -2.25. The summed E-state index contributed by atoms with van der Waals surface area (Å²) in [6.45, 7) is 3.84. The number of carbonyl (C=O) groups is 2. The van der Waals surface area contributed by atoms with Gasteiger partial charge in [0.2, 0.25) is 9.84 Å². The Bertz CT molecular complexity index is 1750. The average molecular weight is 579 g/mol. The standard InChI is InChI=1S/C29H23ClN2O5S2/c1-3-18-14-17(2)12-13-22(18)26(33)24-25(19-8-7-9-20(30)15-19)32(28(35)27(24)34)29-31-16-23(38-29)39(36,37)21-10-5-4-6-11-21/h4-16,25,34H,3H2,1-2H3. The molecule has 1 aliphatic rings. The van der Waals surface area contributed by atoms with Crippen molar-refractivity contribution in [3.63, 3.8) is 0 Å². The summed E-state index contributed by atoms with van der Waals surface area (Å²) in [5.74, 6) is -2.07. The van der Waals surface area contributed by atoms with Gasteiger partial charge in [-0.15, -0.1) is 0 Å². The number of anilines is 1. The SMILES string of the molecule is CCc1cc(C)ccc1C(=O)C1=C(O)C(=O)N(c2ncc(S(=O)(=O)c3ccccc3)s2)C1c1cccc(Cl)c1. The Labute approximate surface area is 234 Å². The van der Waals surface area contributed by atoms with Gasteiger partial charge in [-0.2, -0.15) is 0 Å². The van der Waals surface area contributed by atoms with E-state index in [-0.39, 0.29) is 19.8 Å². The highest BCUT2D eigenvalue weighted by atomic mass is 35.5. The molecule has 1 unspecified atom stereocenters. The fourth-order valence-corrected chi connectivity index (χ4v) is 7.38. The van der Waals surface area contributed by atoms with E-state index in [1.165, 1.54) is 18.3 Å². The van der Waals surface area contributed by atoms with Crippen molar-refractivity contribution in [2.75, 3.05) is 4.90 Å². The van der Waals surface area contributed by atoms with Crippen molar-refractivity contribution >= 4 is 49.6 Å². The smallest absolute Gasteiger partial charge is 0.296 e. The molecule has 1 atom stereocenters. The van der Waals surface area contributed by atoms with Gasteiger partial charge in [0.05, 0.1) is 22.7 Å². The predicted octanol–water partition coefficient (Wildman–Crippen LogP) is 6.28. The average Bonchev–Trinajstić information content (AvgIpc) is 3.52. The van der Waals surface area contributed by atoms with Crippen LogP contribution in [-0.4, -0.2) is 30.2 Å². The molecule has 5 rings (SSSR count). The van der Waals surface area contributed by atoms with E-state index in [9.17, 15) is 23.1 Å². The van der Waals surface area contributed by atoms with E-state index in [0.717, 1.165) is 27.4 Å². The van der Waals surface area contributed by atoms with Crippen LogP contribution in [0.5, 0.6) is 0 Å². The number of thiazole rings is 1. The third-order valence-corrected chi connectivity index (χ3v) is 9.96. The molecule has 0 spiro atoms. The number of aliphatic hydroxyl groups is 1. The lowest BCUT2D eigenvalue weighted by molar-refractivity contribution is -0.117. The maximum atomic E-state index is 13.9. The van der Waals surface area contributed by atoms with Crippen LogP contribution in [0.1, 0.15) is 40.0 Å². The maximum Gasteiger partial charge on any atom is 0.296 e. The number of ketones is 1. The third-order valence-electron chi connectivity index (χ3n) is 6.50. The summed E-state index contributed by atoms with van der Waals surface area (Å²) in [5.41, 5.74) is 2.48. The molecular formula is C29H23ClN2O5S2. The zero-order valence-electron chi connectivity index (χ0n) is 21.0. The van der Waals surface area contributed by atoms with E-state index in [0.29, 0.717) is 22.6 Å². The van der Waals surface area contributed by atoms with Gasteiger partial charge in [0.15, 0.2) is 16.7 Å². The Morgan fingerprint density at radius 2 is 1.82 bits per heavy atom. The molecule has 2 heterocycles. The quantitative estimate of drug-likeness (QED) is 0.259. The number of halogens is 1. The van der Waals surface area contributed by atoms with Gasteiger partial charge in [-0.05, 0) is 48.7 Å². The van der Waals surface area contributed by atoms with E-state index < -0.39 is 33.3 Å². The molecule has 1 amide bonds. The van der Waals surface area contributed by atoms with Gasteiger partial charge >= 0.3 is 0 Å². The van der Waals surface area contributed by atoms with E-state index in [1.54, 1.807) is 54.6 Å². The first-order valence-corrected chi connectivity index (χ1v) is 14.7. The largest absolute Gasteiger partial charge is 0.503 e. The van der Waals surface area contributed by atoms with E-state index in [1.807, 2.05) is 19.9 Å². The molecule has 3 aromatic carbocycles. The highest BCUT2D eigenvalue weighted by Crippen LogP contribution is 2.44. The van der Waals surface area contributed by atoms with Crippen molar-refractivity contribution in [1.82, 2.24) is 4.98 Å². The topological polar surface area (TPSA) is 105 Å². The number of amides is 1. The molecule has 1 aliphatic heterocycles. The van der Waals surface area contributed by atoms with Crippen molar-refractivity contribution in [2.45, 2.75) is 35.4 Å². The van der Waals surface area contributed by atoms with Crippen LogP contribution in [0.2, 0.25) is 5.02 Å². The summed E-state index contributed by atoms with van der Waals surface area (Å²) in [6.07, 6.45) is 1.75.